The number of carbonyl (C=O) groups excluding carboxylic acids is 3. The number of rotatable bonds is 10. The van der Waals surface area contributed by atoms with Gasteiger partial charge < -0.3 is 22.3 Å². The van der Waals surface area contributed by atoms with Crippen LogP contribution in [-0.4, -0.2) is 25.3 Å². The van der Waals surface area contributed by atoms with Crippen molar-refractivity contribution in [3.05, 3.63) is 83.6 Å². The van der Waals surface area contributed by atoms with Crippen LogP contribution in [-0.2, 0) is 26.2 Å². The van der Waals surface area contributed by atoms with E-state index in [0.29, 0.717) is 34.0 Å². The fraction of sp³-hybridized carbons (Fsp3) is 0.200. The molecule has 0 saturated heterocycles. The molecule has 196 valence electrons. The first kappa shape index (κ1) is 30.5. The van der Waals surface area contributed by atoms with E-state index >= 15 is 0 Å². The number of hydrogen-bond acceptors (Lipinski definition) is 6. The Balaban J connectivity index is 0.00000481. The molecule has 0 atom stereocenters. The van der Waals surface area contributed by atoms with Crippen molar-refractivity contribution in [3.8, 4) is 0 Å². The Morgan fingerprint density at radius 3 is 2.35 bits per heavy atom. The zero-order valence-electron chi connectivity index (χ0n) is 19.8. The molecule has 1 aromatic heterocycles. The number of sulfonamides is 1. The van der Waals surface area contributed by atoms with Gasteiger partial charge in [-0.25, -0.2) is 17.7 Å². The molecule has 8 nitrogen and oxygen atoms in total. The molecule has 3 rings (SSSR count). The second-order valence-corrected chi connectivity index (χ2v) is 11.0. The summed E-state index contributed by atoms with van der Waals surface area (Å²) >= 11 is 7.00. The highest BCUT2D eigenvalue weighted by Gasteiger charge is 2.17. The number of halogens is 2. The number of pyridine rings is 1. The van der Waals surface area contributed by atoms with Gasteiger partial charge in [-0.05, 0) is 48.9 Å². The fourth-order valence-corrected chi connectivity index (χ4v) is 5.37. The number of aromatic nitrogens is 1. The Labute approximate surface area is 235 Å². The Morgan fingerprint density at radius 2 is 1.68 bits per heavy atom. The van der Waals surface area contributed by atoms with Gasteiger partial charge in [-0.2, -0.15) is 0 Å². The van der Waals surface area contributed by atoms with Crippen LogP contribution in [0.1, 0.15) is 36.5 Å². The van der Waals surface area contributed by atoms with E-state index in [-0.39, 0.29) is 27.0 Å². The summed E-state index contributed by atoms with van der Waals surface area (Å²) in [7, 11) is -3.96. The summed E-state index contributed by atoms with van der Waals surface area (Å²) in [6.45, 7) is 1.86. The predicted molar refractivity (Wildman–Crippen MR) is 138 cm³/mol. The van der Waals surface area contributed by atoms with E-state index in [2.05, 4.69) is 5.32 Å². The van der Waals surface area contributed by atoms with E-state index in [0.717, 1.165) is 31.7 Å². The molecular formula is C25H25BrClN3O5S2. The molecule has 12 heteroatoms. The highest BCUT2D eigenvalue weighted by Crippen LogP contribution is 2.26. The topological polar surface area (TPSA) is 113 Å². The third-order valence-corrected chi connectivity index (χ3v) is 7.61. The first-order valence-electron chi connectivity index (χ1n) is 11.0. The van der Waals surface area contributed by atoms with E-state index in [1.54, 1.807) is 30.3 Å². The second kappa shape index (κ2) is 14.3. The van der Waals surface area contributed by atoms with Gasteiger partial charge in [-0.15, -0.1) is 0 Å². The van der Waals surface area contributed by atoms with Gasteiger partial charge in [0, 0.05) is 36.4 Å². The second-order valence-electron chi connectivity index (χ2n) is 7.83. The largest absolute Gasteiger partial charge is 1.00 e. The molecule has 0 saturated carbocycles. The average Bonchev–Trinajstić information content (AvgIpc) is 2.82. The smallest absolute Gasteiger partial charge is 0.264 e. The first-order chi connectivity index (χ1) is 17.1. The van der Waals surface area contributed by atoms with Gasteiger partial charge in [0.1, 0.15) is 11.6 Å². The minimum atomic E-state index is -3.96. The molecule has 0 radical (unpaired) electrons. The molecule has 0 fully saturated rings. The number of nitrogens with zero attached hydrogens (tertiary/aromatic N) is 1. The number of benzene rings is 2. The quantitative estimate of drug-likeness (QED) is 0.199. The molecule has 0 unspecified atom stereocenters. The molecule has 0 aliphatic heterocycles. The maximum absolute atomic E-state index is 12.9. The van der Waals surface area contributed by atoms with Crippen LogP contribution in [0, 0.1) is 0 Å². The van der Waals surface area contributed by atoms with E-state index < -0.39 is 21.8 Å². The maximum Gasteiger partial charge on any atom is 0.264 e. The van der Waals surface area contributed by atoms with Crippen molar-refractivity contribution in [1.82, 2.24) is 4.72 Å². The standard InChI is InChI=1S/C25H24ClN3O5S2.BrH/c1-18(30)28-36(33,34)21-13-11-20(12-14-21)27-25(32)22-8-2-3-9-23(22)35-24(31)10-4-5-15-29-16-6-7-19(26)17-29;/h2-3,6-9,11-14,16-17H,4-5,10,15H2,1H3,(H-,27,28,30,32);1H. The summed E-state index contributed by atoms with van der Waals surface area (Å²) in [5.41, 5.74) is 0.701. The van der Waals surface area contributed by atoms with Crippen LogP contribution < -0.4 is 31.6 Å². The van der Waals surface area contributed by atoms with Gasteiger partial charge in [0.2, 0.25) is 5.91 Å². The number of nitrogens with one attached hydrogen (secondary N) is 2. The molecular weight excluding hydrogens is 602 g/mol. The molecule has 1 heterocycles. The zero-order chi connectivity index (χ0) is 26.1. The Kier molecular flexibility index (Phi) is 11.8. The lowest BCUT2D eigenvalue weighted by molar-refractivity contribution is -0.697. The van der Waals surface area contributed by atoms with Crippen molar-refractivity contribution in [2.45, 2.75) is 42.5 Å². The van der Waals surface area contributed by atoms with Crippen LogP contribution in [0.2, 0.25) is 5.02 Å². The van der Waals surface area contributed by atoms with Gasteiger partial charge in [0.05, 0.1) is 10.5 Å². The molecule has 2 N–H and O–H groups in total. The number of anilines is 1. The fourth-order valence-electron chi connectivity index (χ4n) is 3.27. The number of thioether (sulfide) groups is 1. The van der Waals surface area contributed by atoms with Gasteiger partial charge in [-0.1, -0.05) is 35.5 Å². The van der Waals surface area contributed by atoms with E-state index in [1.165, 1.54) is 24.3 Å². The van der Waals surface area contributed by atoms with E-state index in [4.69, 9.17) is 11.6 Å². The highest BCUT2D eigenvalue weighted by atomic mass is 79.9. The number of amides is 2. The third kappa shape index (κ3) is 9.58. The minimum absolute atomic E-state index is 0. The minimum Gasteiger partial charge on any atom is -1.00 e. The summed E-state index contributed by atoms with van der Waals surface area (Å²) in [6, 6.07) is 15.9. The summed E-state index contributed by atoms with van der Waals surface area (Å²) in [6.07, 6.45) is 5.64. The van der Waals surface area contributed by atoms with E-state index in [9.17, 15) is 22.8 Å². The molecule has 37 heavy (non-hydrogen) atoms. The van der Waals surface area contributed by atoms with Crippen molar-refractivity contribution < 1.29 is 44.3 Å². The van der Waals surface area contributed by atoms with Gasteiger partial charge >= 0.3 is 0 Å². The van der Waals surface area contributed by atoms with Crippen LogP contribution in [0.3, 0.4) is 0 Å². The lowest BCUT2D eigenvalue weighted by Crippen LogP contribution is -3.00. The van der Waals surface area contributed by atoms with Crippen molar-refractivity contribution >= 4 is 56.0 Å². The van der Waals surface area contributed by atoms with Gasteiger partial charge in [0.25, 0.3) is 15.9 Å². The van der Waals surface area contributed by atoms with Crippen LogP contribution in [0.25, 0.3) is 0 Å². The van der Waals surface area contributed by atoms with Gasteiger partial charge in [-0.3, -0.25) is 14.4 Å². The van der Waals surface area contributed by atoms with Crippen LogP contribution in [0.15, 0.2) is 82.8 Å². The summed E-state index contributed by atoms with van der Waals surface area (Å²) in [4.78, 5) is 36.9. The molecule has 0 spiro atoms. The summed E-state index contributed by atoms with van der Waals surface area (Å²) in [5.74, 6) is -1.13. The van der Waals surface area contributed by atoms with Gasteiger partial charge in [0.15, 0.2) is 17.5 Å². The Hall–Kier alpha value is -2.73. The molecule has 0 aliphatic rings. The predicted octanol–water partition coefficient (Wildman–Crippen LogP) is 1.20. The van der Waals surface area contributed by atoms with Crippen LogP contribution in [0.4, 0.5) is 5.69 Å². The molecule has 0 aliphatic carbocycles. The number of aryl methyl sites for hydroxylation is 1. The molecule has 2 aromatic carbocycles. The summed E-state index contributed by atoms with van der Waals surface area (Å²) < 4.78 is 28.0. The normalized spacial score (nSPS) is 10.8. The van der Waals surface area contributed by atoms with Crippen LogP contribution >= 0.6 is 23.4 Å². The van der Waals surface area contributed by atoms with E-state index in [1.807, 2.05) is 27.7 Å². The number of carbonyl (C=O) groups is 3. The zero-order valence-corrected chi connectivity index (χ0v) is 23.8. The molecule has 2 amide bonds. The van der Waals surface area contributed by atoms with Crippen molar-refractivity contribution in [2.24, 2.45) is 0 Å². The Morgan fingerprint density at radius 1 is 0.973 bits per heavy atom. The molecule has 3 aromatic rings. The highest BCUT2D eigenvalue weighted by molar-refractivity contribution is 8.13. The number of hydrogen-bond donors (Lipinski definition) is 2. The summed E-state index contributed by atoms with van der Waals surface area (Å²) in [5, 5.41) is 3.32. The number of unbranched alkanes of at least 4 members (excludes halogenated alkanes) is 1. The first-order valence-corrected chi connectivity index (χ1v) is 13.7. The van der Waals surface area contributed by atoms with Crippen LogP contribution in [0.5, 0.6) is 0 Å². The van der Waals surface area contributed by atoms with Crippen molar-refractivity contribution in [1.29, 1.82) is 0 Å². The monoisotopic (exact) mass is 625 g/mol. The molecule has 0 bridgehead atoms. The van der Waals surface area contributed by atoms with Crippen molar-refractivity contribution in [3.63, 3.8) is 0 Å². The Bertz CT molecular complexity index is 1370. The SMILES string of the molecule is CC(=O)NS(=O)(=O)c1ccc(NC(=O)c2ccccc2SC(=O)CCCC[n+]2cccc(Cl)c2)cc1.[Br-]. The third-order valence-electron chi connectivity index (χ3n) is 4.93. The lowest BCUT2D eigenvalue weighted by Gasteiger charge is -2.10. The lowest BCUT2D eigenvalue weighted by atomic mass is 10.2. The van der Waals surface area contributed by atoms with Crippen molar-refractivity contribution in [2.75, 3.05) is 5.32 Å². The maximum atomic E-state index is 12.9. The average molecular weight is 627 g/mol.